The highest BCUT2D eigenvalue weighted by Crippen LogP contribution is 2.28. The van der Waals surface area contributed by atoms with Gasteiger partial charge in [-0.25, -0.2) is 4.79 Å². The standard InChI is InChI=1S/C19H21NO2/c1-13-9-8-12-17(14(13)2)20-18(15(3)19(21)22-4)16-10-6-5-7-11-16/h5-12,18,20H,3H2,1-2,4H3. The molecule has 0 aliphatic carbocycles. The molecule has 3 nitrogen and oxygen atoms in total. The van der Waals surface area contributed by atoms with E-state index < -0.39 is 5.97 Å². The molecule has 3 heteroatoms. The molecule has 0 heterocycles. The summed E-state index contributed by atoms with van der Waals surface area (Å²) in [7, 11) is 1.37. The van der Waals surface area contributed by atoms with Crippen LogP contribution >= 0.6 is 0 Å². The fraction of sp³-hybridized carbons (Fsp3) is 0.211. The van der Waals surface area contributed by atoms with Crippen molar-refractivity contribution in [3.8, 4) is 0 Å². The van der Waals surface area contributed by atoms with Gasteiger partial charge in [-0.2, -0.15) is 0 Å². The Bertz CT molecular complexity index is 677. The lowest BCUT2D eigenvalue weighted by Gasteiger charge is -2.23. The summed E-state index contributed by atoms with van der Waals surface area (Å²) in [6.07, 6.45) is 0. The van der Waals surface area contributed by atoms with E-state index in [1.54, 1.807) is 0 Å². The van der Waals surface area contributed by atoms with Crippen molar-refractivity contribution in [2.45, 2.75) is 19.9 Å². The largest absolute Gasteiger partial charge is 0.466 e. The molecule has 1 N–H and O–H groups in total. The first-order chi connectivity index (χ1) is 10.5. The highest BCUT2D eigenvalue weighted by atomic mass is 16.5. The smallest absolute Gasteiger partial charge is 0.335 e. The van der Waals surface area contributed by atoms with Gasteiger partial charge in [-0.1, -0.05) is 49.0 Å². The van der Waals surface area contributed by atoms with Gasteiger partial charge in [0.25, 0.3) is 0 Å². The molecule has 0 saturated heterocycles. The number of rotatable bonds is 5. The third kappa shape index (κ3) is 3.37. The number of nitrogens with one attached hydrogen (secondary N) is 1. The molecule has 0 aliphatic rings. The second-order valence-electron chi connectivity index (χ2n) is 5.25. The minimum absolute atomic E-state index is 0.325. The zero-order valence-electron chi connectivity index (χ0n) is 13.2. The molecule has 2 aromatic rings. The van der Waals surface area contributed by atoms with E-state index >= 15 is 0 Å². The third-order valence-corrected chi connectivity index (χ3v) is 3.83. The van der Waals surface area contributed by atoms with E-state index in [0.29, 0.717) is 5.57 Å². The SMILES string of the molecule is C=C(C(=O)OC)C(Nc1cccc(C)c1C)c1ccccc1. The van der Waals surface area contributed by atoms with Crippen LogP contribution in [0.25, 0.3) is 0 Å². The number of anilines is 1. The zero-order chi connectivity index (χ0) is 16.1. The predicted molar refractivity (Wildman–Crippen MR) is 89.9 cm³/mol. The number of ether oxygens (including phenoxy) is 1. The first-order valence-corrected chi connectivity index (χ1v) is 7.19. The highest BCUT2D eigenvalue weighted by molar-refractivity contribution is 5.90. The Morgan fingerprint density at radius 3 is 2.41 bits per heavy atom. The summed E-state index contributed by atoms with van der Waals surface area (Å²) in [4.78, 5) is 11.9. The molecule has 0 saturated carbocycles. The average molecular weight is 295 g/mol. The molecule has 0 bridgehead atoms. The number of carbonyl (C=O) groups is 1. The summed E-state index contributed by atoms with van der Waals surface area (Å²) in [6, 6.07) is 15.5. The summed E-state index contributed by atoms with van der Waals surface area (Å²) in [5.74, 6) is -0.411. The summed E-state index contributed by atoms with van der Waals surface area (Å²) in [6.45, 7) is 8.03. The van der Waals surface area contributed by atoms with Crippen molar-refractivity contribution in [3.05, 3.63) is 77.4 Å². The lowest BCUT2D eigenvalue weighted by atomic mass is 9.98. The van der Waals surface area contributed by atoms with Crippen LogP contribution in [0.15, 0.2) is 60.7 Å². The number of benzene rings is 2. The Morgan fingerprint density at radius 2 is 1.77 bits per heavy atom. The van der Waals surface area contributed by atoms with Crippen LogP contribution in [0.5, 0.6) is 0 Å². The molecule has 0 aliphatic heterocycles. The summed E-state index contributed by atoms with van der Waals surface area (Å²) in [5.41, 5.74) is 4.69. The van der Waals surface area contributed by atoms with Gasteiger partial charge in [-0.05, 0) is 36.6 Å². The Labute approximate surface area is 131 Å². The van der Waals surface area contributed by atoms with Crippen molar-refractivity contribution < 1.29 is 9.53 Å². The fourth-order valence-electron chi connectivity index (χ4n) is 2.33. The van der Waals surface area contributed by atoms with Crippen molar-refractivity contribution in [2.75, 3.05) is 12.4 Å². The van der Waals surface area contributed by atoms with Crippen LogP contribution < -0.4 is 5.32 Å². The third-order valence-electron chi connectivity index (χ3n) is 3.83. The number of aryl methyl sites for hydroxylation is 1. The number of esters is 1. The molecule has 0 fully saturated rings. The Hall–Kier alpha value is -2.55. The van der Waals surface area contributed by atoms with Crippen molar-refractivity contribution in [1.82, 2.24) is 0 Å². The molecule has 2 aromatic carbocycles. The van der Waals surface area contributed by atoms with Gasteiger partial charge in [0.2, 0.25) is 0 Å². The second-order valence-corrected chi connectivity index (χ2v) is 5.25. The van der Waals surface area contributed by atoms with Crippen LogP contribution in [-0.2, 0) is 9.53 Å². The monoisotopic (exact) mass is 295 g/mol. The summed E-state index contributed by atoms with van der Waals surface area (Å²) < 4.78 is 4.83. The zero-order valence-corrected chi connectivity index (χ0v) is 13.2. The number of hydrogen-bond acceptors (Lipinski definition) is 3. The van der Waals surface area contributed by atoms with Crippen molar-refractivity contribution in [3.63, 3.8) is 0 Å². The van der Waals surface area contributed by atoms with E-state index in [9.17, 15) is 4.79 Å². The Balaban J connectivity index is 2.39. The molecular weight excluding hydrogens is 274 g/mol. The van der Waals surface area contributed by atoms with E-state index in [2.05, 4.69) is 31.8 Å². The topological polar surface area (TPSA) is 38.3 Å². The van der Waals surface area contributed by atoms with Gasteiger partial charge >= 0.3 is 5.97 Å². The molecule has 0 aromatic heterocycles. The summed E-state index contributed by atoms with van der Waals surface area (Å²) in [5, 5.41) is 3.42. The molecule has 1 atom stereocenters. The average Bonchev–Trinajstić information content (AvgIpc) is 2.55. The van der Waals surface area contributed by atoms with Crippen LogP contribution in [0.3, 0.4) is 0 Å². The van der Waals surface area contributed by atoms with Crippen molar-refractivity contribution in [2.24, 2.45) is 0 Å². The fourth-order valence-corrected chi connectivity index (χ4v) is 2.33. The van der Waals surface area contributed by atoms with Gasteiger partial charge in [0.1, 0.15) is 0 Å². The maximum atomic E-state index is 11.9. The van der Waals surface area contributed by atoms with Gasteiger partial charge < -0.3 is 10.1 Å². The van der Waals surface area contributed by atoms with Crippen LogP contribution in [0.4, 0.5) is 5.69 Å². The quantitative estimate of drug-likeness (QED) is 0.664. The normalized spacial score (nSPS) is 11.6. The maximum absolute atomic E-state index is 11.9. The first-order valence-electron chi connectivity index (χ1n) is 7.19. The molecule has 0 spiro atoms. The van der Waals surface area contributed by atoms with Crippen molar-refractivity contribution >= 4 is 11.7 Å². The van der Waals surface area contributed by atoms with Crippen LogP contribution in [0, 0.1) is 13.8 Å². The van der Waals surface area contributed by atoms with Gasteiger partial charge in [-0.15, -0.1) is 0 Å². The van der Waals surface area contributed by atoms with Crippen molar-refractivity contribution in [1.29, 1.82) is 0 Å². The number of carbonyl (C=O) groups excluding carboxylic acids is 1. The molecule has 0 amide bonds. The van der Waals surface area contributed by atoms with Gasteiger partial charge in [0.05, 0.1) is 18.7 Å². The second kappa shape index (κ2) is 6.94. The lowest BCUT2D eigenvalue weighted by Crippen LogP contribution is -2.20. The van der Waals surface area contributed by atoms with E-state index in [1.165, 1.54) is 12.7 Å². The van der Waals surface area contributed by atoms with Gasteiger partial charge in [0, 0.05) is 5.69 Å². The Kier molecular flexibility index (Phi) is 4.99. The van der Waals surface area contributed by atoms with E-state index in [0.717, 1.165) is 16.8 Å². The van der Waals surface area contributed by atoms with Crippen LogP contribution in [-0.4, -0.2) is 13.1 Å². The molecule has 114 valence electrons. The molecule has 2 rings (SSSR count). The maximum Gasteiger partial charge on any atom is 0.335 e. The summed E-state index contributed by atoms with van der Waals surface area (Å²) >= 11 is 0. The molecule has 22 heavy (non-hydrogen) atoms. The molecular formula is C19H21NO2. The first kappa shape index (κ1) is 15.8. The molecule has 0 radical (unpaired) electrons. The van der Waals surface area contributed by atoms with E-state index in [4.69, 9.17) is 4.74 Å². The molecule has 1 unspecified atom stereocenters. The predicted octanol–water partition coefficient (Wildman–Crippen LogP) is 4.19. The van der Waals surface area contributed by atoms with Gasteiger partial charge in [-0.3, -0.25) is 0 Å². The van der Waals surface area contributed by atoms with E-state index in [-0.39, 0.29) is 6.04 Å². The minimum atomic E-state index is -0.411. The Morgan fingerprint density at radius 1 is 1.09 bits per heavy atom. The number of methoxy groups -OCH3 is 1. The lowest BCUT2D eigenvalue weighted by molar-refractivity contribution is -0.136. The minimum Gasteiger partial charge on any atom is -0.466 e. The van der Waals surface area contributed by atoms with Crippen LogP contribution in [0.1, 0.15) is 22.7 Å². The highest BCUT2D eigenvalue weighted by Gasteiger charge is 2.22. The van der Waals surface area contributed by atoms with Gasteiger partial charge in [0.15, 0.2) is 0 Å². The number of hydrogen-bond donors (Lipinski definition) is 1. The van der Waals surface area contributed by atoms with E-state index in [1.807, 2.05) is 42.5 Å². The van der Waals surface area contributed by atoms with Crippen LogP contribution in [0.2, 0.25) is 0 Å².